The van der Waals surface area contributed by atoms with Gasteiger partial charge in [0.25, 0.3) is 5.56 Å². The van der Waals surface area contributed by atoms with Gasteiger partial charge >= 0.3 is 0 Å². The van der Waals surface area contributed by atoms with E-state index in [2.05, 4.69) is 181 Å². The predicted molar refractivity (Wildman–Crippen MR) is 222 cm³/mol. The largest absolute Gasteiger partial charge is 0.306 e. The van der Waals surface area contributed by atoms with E-state index in [1.165, 1.54) is 5.56 Å². The molecule has 0 aliphatic carbocycles. The maximum absolute atomic E-state index is 15.5. The molecule has 0 bridgehead atoms. The summed E-state index contributed by atoms with van der Waals surface area (Å²) in [6.45, 7) is 2.15. The molecule has 0 unspecified atom stereocenters. The second-order valence-corrected chi connectivity index (χ2v) is 14.2. The molecule has 0 radical (unpaired) electrons. The lowest BCUT2D eigenvalue weighted by Crippen LogP contribution is -2.10. The van der Waals surface area contributed by atoms with Gasteiger partial charge in [-0.1, -0.05) is 127 Å². The number of rotatable bonds is 4. The average molecular weight is 677 g/mol. The third kappa shape index (κ3) is 4.38. The molecule has 0 aliphatic heterocycles. The SMILES string of the molecule is Cc1cc2c(cc1-c1ccccc1)c1cc(-c3ccccc3)cc3c1n2c(=O)c1cc(-c2ccccc2)cc2c4cc(-c5ccccc5)ccc4n3c12. The van der Waals surface area contributed by atoms with Crippen LogP contribution in [0, 0.1) is 6.92 Å². The standard InChI is InChI=1S/C50H32N2O/c1-31-24-46-41(30-39(31)35-20-12-5-13-21-35)43-27-38(34-18-10-4-11-19-34)29-47-49(43)52(46)50(53)44-28-37(33-16-8-3-9-17-33)26-42-40-25-36(32-14-6-2-7-15-32)22-23-45(40)51(47)48(42)44/h2-30H,1H3. The van der Waals surface area contributed by atoms with E-state index in [1.54, 1.807) is 0 Å². The zero-order chi connectivity index (χ0) is 35.2. The van der Waals surface area contributed by atoms with Crippen molar-refractivity contribution in [2.75, 3.05) is 0 Å². The van der Waals surface area contributed by atoms with Crippen molar-refractivity contribution in [1.29, 1.82) is 0 Å². The van der Waals surface area contributed by atoms with Crippen LogP contribution >= 0.6 is 0 Å². The summed E-state index contributed by atoms with van der Waals surface area (Å²) in [5, 5.41) is 5.02. The molecule has 0 atom stereocenters. The molecule has 248 valence electrons. The molecule has 0 aliphatic rings. The van der Waals surface area contributed by atoms with Crippen LogP contribution in [0.4, 0.5) is 0 Å². The van der Waals surface area contributed by atoms with Gasteiger partial charge in [-0.15, -0.1) is 0 Å². The molecule has 0 saturated carbocycles. The van der Waals surface area contributed by atoms with Crippen molar-refractivity contribution in [3.05, 3.63) is 192 Å². The van der Waals surface area contributed by atoms with Gasteiger partial charge in [0.1, 0.15) is 0 Å². The minimum atomic E-state index is -0.0156. The summed E-state index contributed by atoms with van der Waals surface area (Å²) >= 11 is 0. The first-order valence-electron chi connectivity index (χ1n) is 18.1. The molecule has 3 heteroatoms. The van der Waals surface area contributed by atoms with Crippen LogP contribution in [-0.2, 0) is 0 Å². The highest BCUT2D eigenvalue weighted by Crippen LogP contribution is 2.43. The lowest BCUT2D eigenvalue weighted by molar-refractivity contribution is 1.21. The summed E-state index contributed by atoms with van der Waals surface area (Å²) in [6.07, 6.45) is 0. The predicted octanol–water partition coefficient (Wildman–Crippen LogP) is 12.6. The Morgan fingerprint density at radius 2 is 0.830 bits per heavy atom. The van der Waals surface area contributed by atoms with E-state index < -0.39 is 0 Å². The first kappa shape index (κ1) is 29.7. The van der Waals surface area contributed by atoms with Gasteiger partial charge in [0.2, 0.25) is 0 Å². The van der Waals surface area contributed by atoms with E-state index in [-0.39, 0.29) is 5.56 Å². The molecule has 53 heavy (non-hydrogen) atoms. The van der Waals surface area contributed by atoms with Crippen molar-refractivity contribution in [2.24, 2.45) is 0 Å². The molecule has 0 N–H and O–H groups in total. The van der Waals surface area contributed by atoms with E-state index in [9.17, 15) is 0 Å². The topological polar surface area (TPSA) is 25.9 Å². The van der Waals surface area contributed by atoms with Gasteiger partial charge in [0.15, 0.2) is 0 Å². The Morgan fingerprint density at radius 1 is 0.340 bits per heavy atom. The van der Waals surface area contributed by atoms with E-state index >= 15 is 4.79 Å². The summed E-state index contributed by atoms with van der Waals surface area (Å²) in [6, 6.07) is 62.3. The number of aryl methyl sites for hydroxylation is 1. The molecular formula is C50H32N2O. The first-order chi connectivity index (χ1) is 26.1. The fraction of sp³-hybridized carbons (Fsp3) is 0.0200. The van der Waals surface area contributed by atoms with Crippen LogP contribution in [0.15, 0.2) is 181 Å². The maximum Gasteiger partial charge on any atom is 0.265 e. The number of fused-ring (bicyclic) bond motifs is 7. The van der Waals surface area contributed by atoms with Crippen molar-refractivity contribution in [3.63, 3.8) is 0 Å². The van der Waals surface area contributed by atoms with Gasteiger partial charge in [0, 0.05) is 21.5 Å². The van der Waals surface area contributed by atoms with Gasteiger partial charge < -0.3 is 4.40 Å². The van der Waals surface area contributed by atoms with Crippen LogP contribution in [0.1, 0.15) is 5.56 Å². The quantitative estimate of drug-likeness (QED) is 0.182. The Morgan fingerprint density at radius 3 is 1.45 bits per heavy atom. The van der Waals surface area contributed by atoms with E-state index in [1.807, 2.05) is 10.5 Å². The highest BCUT2D eigenvalue weighted by Gasteiger charge is 2.23. The maximum atomic E-state index is 15.5. The molecule has 0 saturated heterocycles. The molecule has 11 rings (SSSR count). The Hall–Kier alpha value is -6.97. The highest BCUT2D eigenvalue weighted by atomic mass is 16.1. The van der Waals surface area contributed by atoms with Gasteiger partial charge in [0.05, 0.1) is 33.0 Å². The normalized spacial score (nSPS) is 11.9. The summed E-state index contributed by atoms with van der Waals surface area (Å²) in [4.78, 5) is 15.5. The van der Waals surface area contributed by atoms with Crippen LogP contribution < -0.4 is 5.56 Å². The first-order valence-corrected chi connectivity index (χ1v) is 18.1. The lowest BCUT2D eigenvalue weighted by Gasteiger charge is -2.08. The molecular weight excluding hydrogens is 645 g/mol. The van der Waals surface area contributed by atoms with Crippen LogP contribution in [0.3, 0.4) is 0 Å². The van der Waals surface area contributed by atoms with Gasteiger partial charge in [-0.3, -0.25) is 9.20 Å². The minimum absolute atomic E-state index is 0.0156. The Bertz CT molecular complexity index is 3270. The van der Waals surface area contributed by atoms with Crippen LogP contribution in [0.5, 0.6) is 0 Å². The number of benzene rings is 8. The van der Waals surface area contributed by atoms with Gasteiger partial charge in [-0.25, -0.2) is 0 Å². The Kier molecular flexibility index (Phi) is 6.32. The molecule has 11 aromatic rings. The summed E-state index contributed by atoms with van der Waals surface area (Å²) in [7, 11) is 0. The van der Waals surface area contributed by atoms with Crippen molar-refractivity contribution in [1.82, 2.24) is 8.80 Å². The molecule has 0 fully saturated rings. The Balaban J connectivity index is 1.39. The molecule has 3 aromatic heterocycles. The van der Waals surface area contributed by atoms with Crippen molar-refractivity contribution >= 4 is 54.5 Å². The summed E-state index contributed by atoms with van der Waals surface area (Å²) < 4.78 is 4.36. The average Bonchev–Trinajstić information content (AvgIpc) is 3.69. The van der Waals surface area contributed by atoms with Crippen molar-refractivity contribution in [3.8, 4) is 44.5 Å². The molecule has 0 amide bonds. The summed E-state index contributed by atoms with van der Waals surface area (Å²) in [5.41, 5.74) is 15.0. The second-order valence-electron chi connectivity index (χ2n) is 14.2. The van der Waals surface area contributed by atoms with Crippen molar-refractivity contribution in [2.45, 2.75) is 6.92 Å². The minimum Gasteiger partial charge on any atom is -0.306 e. The summed E-state index contributed by atoms with van der Waals surface area (Å²) in [5.74, 6) is 0. The number of nitrogens with zero attached hydrogens (tertiary/aromatic N) is 2. The molecule has 0 spiro atoms. The molecule has 3 nitrogen and oxygen atoms in total. The van der Waals surface area contributed by atoms with Crippen LogP contribution in [-0.4, -0.2) is 8.80 Å². The third-order valence-corrected chi connectivity index (χ3v) is 11.1. The van der Waals surface area contributed by atoms with E-state index in [0.29, 0.717) is 5.39 Å². The zero-order valence-corrected chi connectivity index (χ0v) is 29.0. The van der Waals surface area contributed by atoms with Crippen LogP contribution in [0.2, 0.25) is 0 Å². The lowest BCUT2D eigenvalue weighted by atomic mass is 9.97. The fourth-order valence-corrected chi connectivity index (χ4v) is 8.67. The number of hydrogen-bond donors (Lipinski definition) is 0. The monoisotopic (exact) mass is 676 g/mol. The van der Waals surface area contributed by atoms with Gasteiger partial charge in [-0.2, -0.15) is 0 Å². The van der Waals surface area contributed by atoms with E-state index in [0.717, 1.165) is 93.6 Å². The highest BCUT2D eigenvalue weighted by molar-refractivity contribution is 6.21. The van der Waals surface area contributed by atoms with Crippen LogP contribution in [0.25, 0.3) is 99.0 Å². The Labute approximate surface area is 305 Å². The molecule has 8 aromatic carbocycles. The van der Waals surface area contributed by atoms with Gasteiger partial charge in [-0.05, 0) is 106 Å². The zero-order valence-electron chi connectivity index (χ0n) is 29.0. The number of aromatic nitrogens is 2. The smallest absolute Gasteiger partial charge is 0.265 e. The fourth-order valence-electron chi connectivity index (χ4n) is 8.67. The molecule has 3 heterocycles. The number of hydrogen-bond acceptors (Lipinski definition) is 1. The second kappa shape index (κ2) is 11.3. The van der Waals surface area contributed by atoms with Crippen molar-refractivity contribution < 1.29 is 0 Å². The van der Waals surface area contributed by atoms with E-state index in [4.69, 9.17) is 0 Å². The third-order valence-electron chi connectivity index (χ3n) is 11.1.